The van der Waals surface area contributed by atoms with Gasteiger partial charge < -0.3 is 10.6 Å². The molecule has 1 aromatic rings. The van der Waals surface area contributed by atoms with Crippen LogP contribution in [-0.2, 0) is 4.79 Å². The van der Waals surface area contributed by atoms with Crippen molar-refractivity contribution in [3.05, 3.63) is 29.3 Å². The van der Waals surface area contributed by atoms with E-state index in [1.165, 1.54) is 0 Å². The number of hydrogen-bond acceptors (Lipinski definition) is 3. The number of nitrogens with two attached hydrogens (primary N) is 1. The first kappa shape index (κ1) is 13.3. The second kappa shape index (κ2) is 5.26. The molecule has 0 saturated carbocycles. The van der Waals surface area contributed by atoms with Gasteiger partial charge in [-0.15, -0.1) is 0 Å². The van der Waals surface area contributed by atoms with Crippen molar-refractivity contribution in [3.63, 3.8) is 0 Å². The van der Waals surface area contributed by atoms with E-state index < -0.39 is 0 Å². The standard InChI is InChI=1S/C13H18ClN3O/c1-9-8-16(2)12(7-15)13(18)17(9)11-6-4-3-5-10(11)14/h3-6,9,12H,7-8,15H2,1-2H3. The maximum atomic E-state index is 12.5. The predicted molar refractivity (Wildman–Crippen MR) is 73.9 cm³/mol. The fourth-order valence-electron chi connectivity index (χ4n) is 2.48. The van der Waals surface area contributed by atoms with Gasteiger partial charge in [-0.3, -0.25) is 9.69 Å². The zero-order valence-electron chi connectivity index (χ0n) is 10.6. The molecule has 4 nitrogen and oxygen atoms in total. The molecule has 0 radical (unpaired) electrons. The zero-order valence-corrected chi connectivity index (χ0v) is 11.4. The normalized spacial score (nSPS) is 25.6. The van der Waals surface area contributed by atoms with Crippen LogP contribution < -0.4 is 10.6 Å². The van der Waals surface area contributed by atoms with E-state index in [0.717, 1.165) is 12.2 Å². The summed E-state index contributed by atoms with van der Waals surface area (Å²) in [6.45, 7) is 3.13. The molecule has 1 saturated heterocycles. The van der Waals surface area contributed by atoms with Crippen LogP contribution in [0.1, 0.15) is 6.92 Å². The van der Waals surface area contributed by atoms with E-state index in [1.807, 2.05) is 37.1 Å². The minimum atomic E-state index is -0.266. The quantitative estimate of drug-likeness (QED) is 0.880. The third kappa shape index (κ3) is 2.23. The molecule has 0 aliphatic carbocycles. The van der Waals surface area contributed by atoms with Crippen LogP contribution >= 0.6 is 11.6 Å². The van der Waals surface area contributed by atoms with Crippen LogP contribution in [0.25, 0.3) is 0 Å². The summed E-state index contributed by atoms with van der Waals surface area (Å²) >= 11 is 6.18. The van der Waals surface area contributed by atoms with Crippen molar-refractivity contribution < 1.29 is 4.79 Å². The minimum absolute atomic E-state index is 0.0202. The second-order valence-electron chi connectivity index (χ2n) is 4.70. The summed E-state index contributed by atoms with van der Waals surface area (Å²) in [4.78, 5) is 16.2. The number of piperazine rings is 1. The van der Waals surface area contributed by atoms with Crippen LogP contribution in [0.5, 0.6) is 0 Å². The first-order valence-corrected chi connectivity index (χ1v) is 6.42. The van der Waals surface area contributed by atoms with Crippen LogP contribution in [0.15, 0.2) is 24.3 Å². The van der Waals surface area contributed by atoms with E-state index in [9.17, 15) is 4.79 Å². The summed E-state index contributed by atoms with van der Waals surface area (Å²) in [6, 6.07) is 7.24. The van der Waals surface area contributed by atoms with Crippen molar-refractivity contribution in [3.8, 4) is 0 Å². The number of carbonyl (C=O) groups is 1. The molecule has 5 heteroatoms. The van der Waals surface area contributed by atoms with E-state index in [1.54, 1.807) is 11.0 Å². The smallest absolute Gasteiger partial charge is 0.245 e. The molecule has 0 spiro atoms. The van der Waals surface area contributed by atoms with Gasteiger partial charge in [-0.1, -0.05) is 23.7 Å². The highest BCUT2D eigenvalue weighted by Crippen LogP contribution is 2.30. The highest BCUT2D eigenvalue weighted by molar-refractivity contribution is 6.33. The number of para-hydroxylation sites is 1. The van der Waals surface area contributed by atoms with E-state index in [4.69, 9.17) is 17.3 Å². The zero-order chi connectivity index (χ0) is 13.3. The Morgan fingerprint density at radius 2 is 2.11 bits per heavy atom. The van der Waals surface area contributed by atoms with Gasteiger partial charge in [0.2, 0.25) is 5.91 Å². The maximum absolute atomic E-state index is 12.5. The Hall–Kier alpha value is -1.10. The van der Waals surface area contributed by atoms with Crippen LogP contribution in [0.3, 0.4) is 0 Å². The molecule has 1 fully saturated rings. The summed E-state index contributed by atoms with van der Waals surface area (Å²) in [5.41, 5.74) is 6.45. The summed E-state index contributed by atoms with van der Waals surface area (Å²) in [5, 5.41) is 0.595. The third-order valence-corrected chi connectivity index (χ3v) is 3.70. The molecule has 18 heavy (non-hydrogen) atoms. The SMILES string of the molecule is CC1CN(C)C(CN)C(=O)N1c1ccccc1Cl. The van der Waals surface area contributed by atoms with E-state index in [2.05, 4.69) is 0 Å². The van der Waals surface area contributed by atoms with Crippen molar-refractivity contribution in [2.24, 2.45) is 5.73 Å². The summed E-state index contributed by atoms with van der Waals surface area (Å²) in [5.74, 6) is 0.0202. The Kier molecular flexibility index (Phi) is 3.90. The van der Waals surface area contributed by atoms with E-state index >= 15 is 0 Å². The molecule has 2 atom stereocenters. The highest BCUT2D eigenvalue weighted by atomic mass is 35.5. The topological polar surface area (TPSA) is 49.6 Å². The number of amides is 1. The number of rotatable bonds is 2. The van der Waals surface area contributed by atoms with Gasteiger partial charge in [0.25, 0.3) is 0 Å². The number of nitrogens with zero attached hydrogens (tertiary/aromatic N) is 2. The predicted octanol–water partition coefficient (Wildman–Crippen LogP) is 1.33. The van der Waals surface area contributed by atoms with Gasteiger partial charge in [-0.2, -0.15) is 0 Å². The summed E-state index contributed by atoms with van der Waals surface area (Å²) in [7, 11) is 1.93. The van der Waals surface area contributed by atoms with E-state index in [0.29, 0.717) is 11.6 Å². The molecule has 1 amide bonds. The fraction of sp³-hybridized carbons (Fsp3) is 0.462. The van der Waals surface area contributed by atoms with Crippen molar-refractivity contribution in [1.82, 2.24) is 4.90 Å². The summed E-state index contributed by atoms with van der Waals surface area (Å²) in [6.07, 6.45) is 0. The Labute approximate surface area is 112 Å². The molecule has 1 heterocycles. The molecule has 2 N–H and O–H groups in total. The average Bonchev–Trinajstić information content (AvgIpc) is 2.31. The van der Waals surface area contributed by atoms with Gasteiger partial charge in [0.1, 0.15) is 6.04 Å². The van der Waals surface area contributed by atoms with Gasteiger partial charge >= 0.3 is 0 Å². The van der Waals surface area contributed by atoms with Gasteiger partial charge in [-0.25, -0.2) is 0 Å². The van der Waals surface area contributed by atoms with Crippen LogP contribution in [0.2, 0.25) is 5.02 Å². The Balaban J connectivity index is 2.37. The van der Waals surface area contributed by atoms with Gasteiger partial charge in [0, 0.05) is 19.1 Å². The molecular formula is C13H18ClN3O. The molecule has 98 valence electrons. The van der Waals surface area contributed by atoms with Crippen LogP contribution in [-0.4, -0.2) is 43.0 Å². The van der Waals surface area contributed by atoms with Crippen LogP contribution in [0, 0.1) is 0 Å². The first-order valence-electron chi connectivity index (χ1n) is 6.04. The number of halogens is 1. The van der Waals surface area contributed by atoms with Gasteiger partial charge in [0.05, 0.1) is 10.7 Å². The average molecular weight is 268 g/mol. The second-order valence-corrected chi connectivity index (χ2v) is 5.11. The van der Waals surface area contributed by atoms with Gasteiger partial charge in [-0.05, 0) is 26.1 Å². The number of benzene rings is 1. The lowest BCUT2D eigenvalue weighted by Crippen LogP contribution is -2.62. The molecular weight excluding hydrogens is 250 g/mol. The highest BCUT2D eigenvalue weighted by Gasteiger charge is 2.37. The number of anilines is 1. The summed E-state index contributed by atoms with van der Waals surface area (Å²) < 4.78 is 0. The van der Waals surface area contributed by atoms with Crippen molar-refractivity contribution in [1.29, 1.82) is 0 Å². The largest absolute Gasteiger partial charge is 0.328 e. The molecule has 2 rings (SSSR count). The minimum Gasteiger partial charge on any atom is -0.328 e. The number of hydrogen-bond donors (Lipinski definition) is 1. The molecule has 1 aliphatic rings. The Bertz CT molecular complexity index is 452. The van der Waals surface area contributed by atoms with Crippen molar-refractivity contribution in [2.45, 2.75) is 19.0 Å². The molecule has 0 bridgehead atoms. The number of carbonyl (C=O) groups excluding carboxylic acids is 1. The van der Waals surface area contributed by atoms with Gasteiger partial charge in [0.15, 0.2) is 0 Å². The molecule has 1 aromatic carbocycles. The lowest BCUT2D eigenvalue weighted by atomic mass is 10.1. The lowest BCUT2D eigenvalue weighted by molar-refractivity contribution is -0.125. The monoisotopic (exact) mass is 267 g/mol. The van der Waals surface area contributed by atoms with E-state index in [-0.39, 0.29) is 18.0 Å². The van der Waals surface area contributed by atoms with Crippen LogP contribution in [0.4, 0.5) is 5.69 Å². The first-order chi connectivity index (χ1) is 8.56. The molecule has 1 aliphatic heterocycles. The van der Waals surface area contributed by atoms with Crippen molar-refractivity contribution in [2.75, 3.05) is 25.0 Å². The fourth-order valence-corrected chi connectivity index (χ4v) is 2.70. The maximum Gasteiger partial charge on any atom is 0.245 e. The molecule has 0 aromatic heterocycles. The third-order valence-electron chi connectivity index (χ3n) is 3.38. The lowest BCUT2D eigenvalue weighted by Gasteiger charge is -2.42. The Morgan fingerprint density at radius 3 is 2.72 bits per heavy atom. The number of likely N-dealkylation sites (N-methyl/N-ethyl adjacent to an activating group) is 1. The van der Waals surface area contributed by atoms with Crippen molar-refractivity contribution >= 4 is 23.2 Å². The Morgan fingerprint density at radius 1 is 1.44 bits per heavy atom. The molecule has 2 unspecified atom stereocenters.